The van der Waals surface area contributed by atoms with Gasteiger partial charge in [-0.1, -0.05) is 12.8 Å². The predicted octanol–water partition coefficient (Wildman–Crippen LogP) is 1.14. The molecule has 1 aromatic rings. The first-order valence-corrected chi connectivity index (χ1v) is 8.59. The van der Waals surface area contributed by atoms with Crippen molar-refractivity contribution in [3.05, 3.63) is 18.2 Å². The molecule has 1 saturated carbocycles. The maximum Gasteiger partial charge on any atom is 0.242 e. The smallest absolute Gasteiger partial charge is 0.242 e. The van der Waals surface area contributed by atoms with Gasteiger partial charge >= 0.3 is 0 Å². The molecule has 118 valence electrons. The van der Waals surface area contributed by atoms with Crippen LogP contribution in [0.3, 0.4) is 0 Å². The van der Waals surface area contributed by atoms with E-state index >= 15 is 0 Å². The van der Waals surface area contributed by atoms with Crippen LogP contribution in [0.4, 0.5) is 11.4 Å². The molecule has 0 atom stereocenters. The Morgan fingerprint density at radius 1 is 1.33 bits per heavy atom. The fourth-order valence-corrected chi connectivity index (χ4v) is 3.65. The zero-order valence-corrected chi connectivity index (χ0v) is 13.0. The topological polar surface area (TPSA) is 104 Å². The first-order chi connectivity index (χ1) is 9.92. The summed E-state index contributed by atoms with van der Waals surface area (Å²) in [7, 11) is -2.18. The zero-order valence-electron chi connectivity index (χ0n) is 12.2. The van der Waals surface area contributed by atoms with Gasteiger partial charge in [0.25, 0.3) is 0 Å². The van der Waals surface area contributed by atoms with Crippen molar-refractivity contribution in [2.24, 2.45) is 5.41 Å². The Bertz CT molecular complexity index is 595. The number of nitrogens with two attached hydrogens (primary N) is 1. The Morgan fingerprint density at radius 3 is 2.52 bits per heavy atom. The van der Waals surface area contributed by atoms with Crippen molar-refractivity contribution in [3.63, 3.8) is 0 Å². The highest BCUT2D eigenvalue weighted by molar-refractivity contribution is 7.89. The molecular formula is C14H23N3O3S. The molecule has 21 heavy (non-hydrogen) atoms. The van der Waals surface area contributed by atoms with Crippen LogP contribution in [0, 0.1) is 5.41 Å². The van der Waals surface area contributed by atoms with Crippen molar-refractivity contribution in [3.8, 4) is 0 Å². The molecule has 1 aliphatic carbocycles. The summed E-state index contributed by atoms with van der Waals surface area (Å²) in [5.41, 5.74) is 6.73. The molecule has 2 rings (SSSR count). The molecule has 1 aromatic carbocycles. The van der Waals surface area contributed by atoms with E-state index in [9.17, 15) is 13.5 Å². The number of anilines is 2. The summed E-state index contributed by atoms with van der Waals surface area (Å²) in [4.78, 5) is 0.0771. The van der Waals surface area contributed by atoms with Gasteiger partial charge < -0.3 is 16.2 Å². The van der Waals surface area contributed by atoms with E-state index in [0.717, 1.165) is 31.4 Å². The minimum atomic E-state index is -3.54. The largest absolute Gasteiger partial charge is 0.398 e. The summed E-state index contributed by atoms with van der Waals surface area (Å²) in [5, 5.41) is 12.8. The standard InChI is InChI=1S/C14H23N3O3S/c1-16-21(19,20)13-5-4-11(8-12(13)15)17-9-14(10-18)6-2-3-7-14/h4-5,8,16-18H,2-3,6-7,9-10,15H2,1H3. The zero-order chi connectivity index (χ0) is 15.5. The average Bonchev–Trinajstić information content (AvgIpc) is 2.94. The van der Waals surface area contributed by atoms with Gasteiger partial charge in [0.1, 0.15) is 4.90 Å². The normalized spacial score (nSPS) is 17.8. The number of aliphatic hydroxyl groups is 1. The molecule has 0 heterocycles. The van der Waals surface area contributed by atoms with Crippen LogP contribution in [0.1, 0.15) is 25.7 Å². The molecule has 0 aromatic heterocycles. The van der Waals surface area contributed by atoms with Crippen molar-refractivity contribution >= 4 is 21.4 Å². The van der Waals surface area contributed by atoms with Crippen LogP contribution in [-0.2, 0) is 10.0 Å². The lowest BCUT2D eigenvalue weighted by Crippen LogP contribution is -2.30. The monoisotopic (exact) mass is 313 g/mol. The Kier molecular flexibility index (Phi) is 4.75. The second kappa shape index (κ2) is 6.21. The van der Waals surface area contributed by atoms with Gasteiger partial charge in [0, 0.05) is 17.6 Å². The van der Waals surface area contributed by atoms with Gasteiger partial charge in [-0.3, -0.25) is 0 Å². The Balaban J connectivity index is 2.11. The molecular weight excluding hydrogens is 290 g/mol. The quantitative estimate of drug-likeness (QED) is 0.590. The van der Waals surface area contributed by atoms with Gasteiger partial charge in [-0.05, 0) is 38.1 Å². The molecule has 0 bridgehead atoms. The van der Waals surface area contributed by atoms with Crippen molar-refractivity contribution in [1.29, 1.82) is 0 Å². The molecule has 0 spiro atoms. The highest BCUT2D eigenvalue weighted by atomic mass is 32.2. The van der Waals surface area contributed by atoms with Crippen molar-refractivity contribution < 1.29 is 13.5 Å². The summed E-state index contributed by atoms with van der Waals surface area (Å²) >= 11 is 0. The van der Waals surface area contributed by atoms with E-state index < -0.39 is 10.0 Å². The summed E-state index contributed by atoms with van der Waals surface area (Å²) in [6.07, 6.45) is 4.31. The fourth-order valence-electron chi connectivity index (χ4n) is 2.82. The second-order valence-electron chi connectivity index (χ2n) is 5.68. The number of nitrogens with one attached hydrogen (secondary N) is 2. The van der Waals surface area contributed by atoms with E-state index in [4.69, 9.17) is 5.73 Å². The second-order valence-corrected chi connectivity index (χ2v) is 7.53. The number of hydrogen-bond donors (Lipinski definition) is 4. The first-order valence-electron chi connectivity index (χ1n) is 7.10. The van der Waals surface area contributed by atoms with E-state index in [1.54, 1.807) is 12.1 Å². The van der Waals surface area contributed by atoms with Crippen LogP contribution in [0.15, 0.2) is 23.1 Å². The molecule has 1 aliphatic rings. The van der Waals surface area contributed by atoms with Crippen LogP contribution in [0.5, 0.6) is 0 Å². The minimum absolute atomic E-state index is 0.0650. The van der Waals surface area contributed by atoms with Crippen LogP contribution >= 0.6 is 0 Å². The molecule has 0 radical (unpaired) electrons. The third-order valence-corrected chi connectivity index (χ3v) is 5.72. The first kappa shape index (κ1) is 16.1. The molecule has 6 nitrogen and oxygen atoms in total. The lowest BCUT2D eigenvalue weighted by molar-refractivity contribution is 0.142. The summed E-state index contributed by atoms with van der Waals surface area (Å²) in [6, 6.07) is 4.80. The molecule has 5 N–H and O–H groups in total. The van der Waals surface area contributed by atoms with Gasteiger partial charge in [-0.15, -0.1) is 0 Å². The van der Waals surface area contributed by atoms with E-state index in [1.807, 2.05) is 0 Å². The van der Waals surface area contributed by atoms with E-state index in [-0.39, 0.29) is 22.6 Å². The van der Waals surface area contributed by atoms with Gasteiger partial charge in [0.15, 0.2) is 0 Å². The van der Waals surface area contributed by atoms with E-state index in [2.05, 4.69) is 10.0 Å². The third-order valence-electron chi connectivity index (χ3n) is 4.24. The molecule has 1 fully saturated rings. The number of benzene rings is 1. The maximum absolute atomic E-state index is 11.8. The SMILES string of the molecule is CNS(=O)(=O)c1ccc(NCC2(CO)CCCC2)cc1N. The lowest BCUT2D eigenvalue weighted by Gasteiger charge is -2.27. The third kappa shape index (κ3) is 3.48. The fraction of sp³-hybridized carbons (Fsp3) is 0.571. The Morgan fingerprint density at radius 2 is 2.00 bits per heavy atom. The molecule has 0 unspecified atom stereocenters. The highest BCUT2D eigenvalue weighted by Crippen LogP contribution is 2.37. The summed E-state index contributed by atoms with van der Waals surface area (Å²) in [5.74, 6) is 0. The van der Waals surface area contributed by atoms with Gasteiger partial charge in [-0.25, -0.2) is 13.1 Å². The van der Waals surface area contributed by atoms with Gasteiger partial charge in [-0.2, -0.15) is 0 Å². The van der Waals surface area contributed by atoms with Crippen LogP contribution in [0.25, 0.3) is 0 Å². The number of sulfonamides is 1. The Hall–Kier alpha value is -1.31. The molecule has 7 heteroatoms. The van der Waals surface area contributed by atoms with E-state index in [0.29, 0.717) is 6.54 Å². The molecule has 0 aliphatic heterocycles. The van der Waals surface area contributed by atoms with Crippen molar-refractivity contribution in [2.45, 2.75) is 30.6 Å². The summed E-state index contributed by atoms with van der Waals surface area (Å²) < 4.78 is 25.8. The number of nitrogen functional groups attached to an aromatic ring is 1. The highest BCUT2D eigenvalue weighted by Gasteiger charge is 2.32. The number of aliphatic hydroxyl groups excluding tert-OH is 1. The molecule has 0 saturated heterocycles. The molecule has 0 amide bonds. The van der Waals surface area contributed by atoms with E-state index in [1.165, 1.54) is 13.1 Å². The minimum Gasteiger partial charge on any atom is -0.398 e. The van der Waals surface area contributed by atoms with Gasteiger partial charge in [0.2, 0.25) is 10.0 Å². The van der Waals surface area contributed by atoms with Crippen LogP contribution in [0.2, 0.25) is 0 Å². The lowest BCUT2D eigenvalue weighted by atomic mass is 9.87. The number of rotatable bonds is 6. The van der Waals surface area contributed by atoms with Crippen molar-refractivity contribution in [2.75, 3.05) is 31.2 Å². The van der Waals surface area contributed by atoms with Crippen LogP contribution in [-0.4, -0.2) is 33.7 Å². The number of hydrogen-bond acceptors (Lipinski definition) is 5. The average molecular weight is 313 g/mol. The van der Waals surface area contributed by atoms with Crippen LogP contribution < -0.4 is 15.8 Å². The Labute approximate surface area is 125 Å². The van der Waals surface area contributed by atoms with Crippen molar-refractivity contribution in [1.82, 2.24) is 4.72 Å². The predicted molar refractivity (Wildman–Crippen MR) is 83.6 cm³/mol. The summed E-state index contributed by atoms with van der Waals surface area (Å²) in [6.45, 7) is 0.836. The van der Waals surface area contributed by atoms with Gasteiger partial charge in [0.05, 0.1) is 12.3 Å². The maximum atomic E-state index is 11.8.